The maximum atomic E-state index is 7.12. The number of anilines is 1. The molecular weight excluding hydrogens is 204 g/mol. The summed E-state index contributed by atoms with van der Waals surface area (Å²) >= 11 is 0. The molecule has 0 amide bonds. The molecule has 2 rings (SSSR count). The van der Waals surface area contributed by atoms with Crippen LogP contribution in [0.5, 0.6) is 5.88 Å². The number of nitrogens with zero attached hydrogens (tertiary/aromatic N) is 3. The number of nitrogens with one attached hydrogen (secondary N) is 1. The first-order valence-corrected chi connectivity index (χ1v) is 5.39. The quantitative estimate of drug-likeness (QED) is 0.604. The van der Waals surface area contributed by atoms with Gasteiger partial charge < -0.3 is 9.64 Å². The molecule has 0 aromatic carbocycles. The third-order valence-corrected chi connectivity index (χ3v) is 2.90. The molecule has 0 aliphatic heterocycles. The van der Waals surface area contributed by atoms with Crippen molar-refractivity contribution < 1.29 is 4.74 Å². The molecule has 1 heterocycles. The fourth-order valence-electron chi connectivity index (χ4n) is 1.49. The van der Waals surface area contributed by atoms with Gasteiger partial charge in [0.05, 0.1) is 12.9 Å². The molecule has 1 aromatic heterocycles. The molecule has 1 aliphatic rings. The lowest BCUT2D eigenvalue weighted by atomic mass is 10.4. The van der Waals surface area contributed by atoms with Crippen molar-refractivity contribution in [1.29, 1.82) is 5.41 Å². The number of hydrogen-bond donors (Lipinski definition) is 1. The van der Waals surface area contributed by atoms with Crippen molar-refractivity contribution in [2.45, 2.75) is 13.3 Å². The van der Waals surface area contributed by atoms with E-state index in [1.54, 1.807) is 18.0 Å². The molecule has 1 aromatic rings. The Labute approximate surface area is 95.0 Å². The van der Waals surface area contributed by atoms with E-state index in [2.05, 4.69) is 16.9 Å². The molecule has 16 heavy (non-hydrogen) atoms. The van der Waals surface area contributed by atoms with E-state index < -0.39 is 0 Å². The summed E-state index contributed by atoms with van der Waals surface area (Å²) in [4.78, 5) is 9.70. The van der Waals surface area contributed by atoms with E-state index in [1.165, 1.54) is 19.1 Å². The van der Waals surface area contributed by atoms with E-state index in [4.69, 9.17) is 10.1 Å². The zero-order valence-electron chi connectivity index (χ0n) is 9.55. The molecule has 86 valence electrons. The normalized spacial score (nSPS) is 22.6. The maximum absolute atomic E-state index is 7.12. The fraction of sp³-hybridized carbons (Fsp3) is 0.545. The summed E-state index contributed by atoms with van der Waals surface area (Å²) in [6.07, 6.45) is 3.91. The van der Waals surface area contributed by atoms with Crippen LogP contribution in [0.1, 0.15) is 13.3 Å². The highest BCUT2D eigenvalue weighted by molar-refractivity contribution is 5.73. The molecule has 0 radical (unpaired) electrons. The van der Waals surface area contributed by atoms with Crippen molar-refractivity contribution >= 4 is 12.2 Å². The van der Waals surface area contributed by atoms with Crippen LogP contribution in [0, 0.1) is 17.2 Å². The fourth-order valence-corrected chi connectivity index (χ4v) is 1.49. The molecule has 1 fully saturated rings. The highest BCUT2D eigenvalue weighted by Gasteiger charge is 2.33. The van der Waals surface area contributed by atoms with Gasteiger partial charge in [-0.1, -0.05) is 6.92 Å². The van der Waals surface area contributed by atoms with Gasteiger partial charge in [0, 0.05) is 13.1 Å². The Balaban J connectivity index is 1.95. The third kappa shape index (κ3) is 2.48. The first kappa shape index (κ1) is 10.9. The summed E-state index contributed by atoms with van der Waals surface area (Å²) in [5, 5.41) is 7.12. The van der Waals surface area contributed by atoms with Crippen molar-refractivity contribution in [1.82, 2.24) is 9.97 Å². The highest BCUT2D eigenvalue weighted by atomic mass is 16.5. The molecule has 0 spiro atoms. The van der Waals surface area contributed by atoms with E-state index in [0.29, 0.717) is 17.6 Å². The summed E-state index contributed by atoms with van der Waals surface area (Å²) in [5.41, 5.74) is 0. The standard InChI is InChI=1S/C11H16N4O/c1-8-3-9(8)5-16-11-4-10(13-7-14-11)15(2)6-12/h4,6-9,12H,3,5H2,1-2H3. The Morgan fingerprint density at radius 1 is 1.62 bits per heavy atom. The molecule has 0 bridgehead atoms. The Kier molecular flexibility index (Phi) is 3.03. The topological polar surface area (TPSA) is 62.1 Å². The lowest BCUT2D eigenvalue weighted by molar-refractivity contribution is 0.282. The lowest BCUT2D eigenvalue weighted by Gasteiger charge is -2.11. The van der Waals surface area contributed by atoms with Crippen LogP contribution in [0.25, 0.3) is 0 Å². The zero-order valence-corrected chi connectivity index (χ0v) is 9.55. The monoisotopic (exact) mass is 220 g/mol. The summed E-state index contributed by atoms with van der Waals surface area (Å²) in [7, 11) is 1.77. The van der Waals surface area contributed by atoms with E-state index in [1.807, 2.05) is 0 Å². The first-order valence-electron chi connectivity index (χ1n) is 5.39. The van der Waals surface area contributed by atoms with Gasteiger partial charge in [0.1, 0.15) is 12.1 Å². The largest absolute Gasteiger partial charge is 0.477 e. The molecule has 1 N–H and O–H groups in total. The summed E-state index contributed by atoms with van der Waals surface area (Å²) in [6.45, 7) is 2.95. The second-order valence-electron chi connectivity index (χ2n) is 4.24. The third-order valence-electron chi connectivity index (χ3n) is 2.90. The number of aromatic nitrogens is 2. The predicted molar refractivity (Wildman–Crippen MR) is 62.0 cm³/mol. The van der Waals surface area contributed by atoms with Gasteiger partial charge in [-0.2, -0.15) is 0 Å². The molecule has 1 saturated carbocycles. The van der Waals surface area contributed by atoms with E-state index in [9.17, 15) is 0 Å². The number of ether oxygens (including phenoxy) is 1. The highest BCUT2D eigenvalue weighted by Crippen LogP contribution is 2.37. The average molecular weight is 220 g/mol. The Hall–Kier alpha value is -1.65. The van der Waals surface area contributed by atoms with Crippen LogP contribution in [-0.2, 0) is 0 Å². The van der Waals surface area contributed by atoms with Crippen LogP contribution in [-0.4, -0.2) is 30.0 Å². The van der Waals surface area contributed by atoms with Gasteiger partial charge in [-0.05, 0) is 18.3 Å². The Bertz CT molecular complexity index is 382. The van der Waals surface area contributed by atoms with Gasteiger partial charge in [0.2, 0.25) is 5.88 Å². The lowest BCUT2D eigenvalue weighted by Crippen LogP contribution is -2.15. The van der Waals surface area contributed by atoms with Gasteiger partial charge >= 0.3 is 0 Å². The van der Waals surface area contributed by atoms with Crippen molar-refractivity contribution in [2.24, 2.45) is 11.8 Å². The summed E-state index contributed by atoms with van der Waals surface area (Å²) in [5.74, 6) is 2.71. The Morgan fingerprint density at radius 3 is 3.00 bits per heavy atom. The first-order chi connectivity index (χ1) is 7.70. The van der Waals surface area contributed by atoms with Crippen LogP contribution in [0.15, 0.2) is 12.4 Å². The van der Waals surface area contributed by atoms with Gasteiger partial charge in [-0.3, -0.25) is 5.41 Å². The van der Waals surface area contributed by atoms with Gasteiger partial charge in [-0.15, -0.1) is 0 Å². The molecule has 2 atom stereocenters. The van der Waals surface area contributed by atoms with Crippen molar-refractivity contribution in [2.75, 3.05) is 18.6 Å². The smallest absolute Gasteiger partial charge is 0.218 e. The second-order valence-corrected chi connectivity index (χ2v) is 4.24. The van der Waals surface area contributed by atoms with Crippen LogP contribution >= 0.6 is 0 Å². The molecule has 1 aliphatic carbocycles. The number of hydrogen-bond acceptors (Lipinski definition) is 4. The van der Waals surface area contributed by atoms with Gasteiger partial charge in [0.15, 0.2) is 0 Å². The molecule has 0 saturated heterocycles. The summed E-state index contributed by atoms with van der Waals surface area (Å²) in [6, 6.07) is 1.75. The molecule has 5 nitrogen and oxygen atoms in total. The second kappa shape index (κ2) is 4.47. The van der Waals surface area contributed by atoms with Crippen LogP contribution < -0.4 is 9.64 Å². The minimum atomic E-state index is 0.581. The van der Waals surface area contributed by atoms with Gasteiger partial charge in [-0.25, -0.2) is 9.97 Å². The van der Waals surface area contributed by atoms with Crippen LogP contribution in [0.4, 0.5) is 5.82 Å². The summed E-state index contributed by atoms with van der Waals surface area (Å²) < 4.78 is 5.58. The average Bonchev–Trinajstić information content (AvgIpc) is 3.02. The molecular formula is C11H16N4O. The molecule has 2 unspecified atom stereocenters. The van der Waals surface area contributed by atoms with E-state index in [0.717, 1.165) is 12.5 Å². The molecule has 5 heteroatoms. The maximum Gasteiger partial charge on any atom is 0.218 e. The van der Waals surface area contributed by atoms with Crippen molar-refractivity contribution in [3.63, 3.8) is 0 Å². The SMILES string of the molecule is CC1CC1COc1cc(N(C)C=N)ncn1. The van der Waals surface area contributed by atoms with Crippen LogP contribution in [0.3, 0.4) is 0 Å². The predicted octanol–water partition coefficient (Wildman–Crippen LogP) is 1.55. The minimum absolute atomic E-state index is 0.581. The number of rotatable bonds is 5. The minimum Gasteiger partial charge on any atom is -0.477 e. The van der Waals surface area contributed by atoms with Crippen LogP contribution in [0.2, 0.25) is 0 Å². The van der Waals surface area contributed by atoms with Gasteiger partial charge in [0.25, 0.3) is 0 Å². The Morgan fingerprint density at radius 2 is 2.38 bits per heavy atom. The van der Waals surface area contributed by atoms with E-state index in [-0.39, 0.29) is 0 Å². The van der Waals surface area contributed by atoms with Crippen molar-refractivity contribution in [3.8, 4) is 5.88 Å². The zero-order chi connectivity index (χ0) is 11.5. The van der Waals surface area contributed by atoms with Crippen molar-refractivity contribution in [3.05, 3.63) is 12.4 Å². The van der Waals surface area contributed by atoms with E-state index >= 15 is 0 Å².